The fourth-order valence-electron chi connectivity index (χ4n) is 2.92. The first-order valence-corrected chi connectivity index (χ1v) is 8.36. The normalized spacial score (nSPS) is 17.3. The topological polar surface area (TPSA) is 66.8 Å². The van der Waals surface area contributed by atoms with E-state index in [-0.39, 0.29) is 5.91 Å². The third kappa shape index (κ3) is 4.98. The second-order valence-electron chi connectivity index (χ2n) is 5.93. The van der Waals surface area contributed by atoms with Gasteiger partial charge in [0, 0.05) is 13.0 Å². The summed E-state index contributed by atoms with van der Waals surface area (Å²) in [6.45, 7) is 3.16. The van der Waals surface area contributed by atoms with E-state index in [4.69, 9.17) is 9.84 Å². The van der Waals surface area contributed by atoms with E-state index in [2.05, 4.69) is 19.1 Å². The van der Waals surface area contributed by atoms with Crippen molar-refractivity contribution in [2.24, 2.45) is 0 Å². The van der Waals surface area contributed by atoms with Crippen LogP contribution in [0.2, 0.25) is 0 Å². The molecule has 1 aromatic carbocycles. The molecule has 5 nitrogen and oxygen atoms in total. The van der Waals surface area contributed by atoms with Crippen LogP contribution in [0.1, 0.15) is 44.6 Å². The summed E-state index contributed by atoms with van der Waals surface area (Å²) in [5, 5.41) is 9.09. The highest BCUT2D eigenvalue weighted by Gasteiger charge is 2.33. The van der Waals surface area contributed by atoms with Gasteiger partial charge < -0.3 is 14.7 Å². The molecule has 1 amide bonds. The molecule has 0 saturated carbocycles. The first-order valence-electron chi connectivity index (χ1n) is 8.36. The number of nitrogens with zero attached hydrogens (tertiary/aromatic N) is 1. The van der Waals surface area contributed by atoms with Gasteiger partial charge in [0.05, 0.1) is 6.61 Å². The van der Waals surface area contributed by atoms with Crippen LogP contribution in [0.25, 0.3) is 0 Å². The molecular formula is C18H25NO4. The van der Waals surface area contributed by atoms with E-state index in [1.807, 2.05) is 12.1 Å². The maximum Gasteiger partial charge on any atom is 0.326 e. The monoisotopic (exact) mass is 319 g/mol. The summed E-state index contributed by atoms with van der Waals surface area (Å²) >= 11 is 0. The highest BCUT2D eigenvalue weighted by molar-refractivity contribution is 5.84. The highest BCUT2D eigenvalue weighted by atomic mass is 16.5. The molecule has 5 heteroatoms. The van der Waals surface area contributed by atoms with Gasteiger partial charge in [0.2, 0.25) is 5.91 Å². The number of hydrogen-bond acceptors (Lipinski definition) is 3. The van der Waals surface area contributed by atoms with Crippen molar-refractivity contribution in [1.82, 2.24) is 4.90 Å². The lowest BCUT2D eigenvalue weighted by molar-refractivity contribution is -0.148. The largest absolute Gasteiger partial charge is 0.494 e. The quantitative estimate of drug-likeness (QED) is 0.748. The van der Waals surface area contributed by atoms with Crippen LogP contribution in [-0.4, -0.2) is 41.1 Å². The van der Waals surface area contributed by atoms with Crippen molar-refractivity contribution in [3.8, 4) is 5.75 Å². The minimum atomic E-state index is -0.903. The predicted molar refractivity (Wildman–Crippen MR) is 87.5 cm³/mol. The molecular weight excluding hydrogens is 294 g/mol. The Balaban J connectivity index is 1.70. The Morgan fingerprint density at radius 2 is 2.04 bits per heavy atom. The predicted octanol–water partition coefficient (Wildman–Crippen LogP) is 2.87. The van der Waals surface area contributed by atoms with Crippen molar-refractivity contribution in [2.45, 2.75) is 51.5 Å². The Hall–Kier alpha value is -2.04. The molecule has 1 aliphatic heterocycles. The van der Waals surface area contributed by atoms with Crippen molar-refractivity contribution in [3.05, 3.63) is 29.8 Å². The van der Waals surface area contributed by atoms with E-state index < -0.39 is 12.0 Å². The highest BCUT2D eigenvalue weighted by Crippen LogP contribution is 2.19. The number of carbonyl (C=O) groups excluding carboxylic acids is 1. The van der Waals surface area contributed by atoms with Crippen LogP contribution >= 0.6 is 0 Å². The molecule has 0 radical (unpaired) electrons. The van der Waals surface area contributed by atoms with Gasteiger partial charge in [-0.15, -0.1) is 0 Å². The number of carboxylic acid groups (broad SMARTS) is 1. The Morgan fingerprint density at radius 1 is 1.30 bits per heavy atom. The molecule has 1 unspecified atom stereocenters. The van der Waals surface area contributed by atoms with Crippen molar-refractivity contribution in [1.29, 1.82) is 0 Å². The van der Waals surface area contributed by atoms with Crippen molar-refractivity contribution >= 4 is 11.9 Å². The van der Waals surface area contributed by atoms with E-state index >= 15 is 0 Å². The summed E-state index contributed by atoms with van der Waals surface area (Å²) in [6.07, 6.45) is 4.44. The van der Waals surface area contributed by atoms with Gasteiger partial charge in [-0.25, -0.2) is 4.79 Å². The van der Waals surface area contributed by atoms with E-state index in [0.29, 0.717) is 32.4 Å². The average molecular weight is 319 g/mol. The summed E-state index contributed by atoms with van der Waals surface area (Å²) in [6, 6.07) is 7.38. The number of aliphatic carboxylic acids is 1. The number of aryl methyl sites for hydroxylation is 1. The van der Waals surface area contributed by atoms with Crippen LogP contribution in [-0.2, 0) is 16.0 Å². The number of likely N-dealkylation sites (tertiary alicyclic amines) is 1. The lowest BCUT2D eigenvalue weighted by Crippen LogP contribution is -2.40. The van der Waals surface area contributed by atoms with Gasteiger partial charge in [0.25, 0.3) is 0 Å². The third-order valence-electron chi connectivity index (χ3n) is 4.12. The molecule has 1 aliphatic rings. The number of carboxylic acids is 1. The van der Waals surface area contributed by atoms with Crippen molar-refractivity contribution in [2.75, 3.05) is 13.2 Å². The first kappa shape index (κ1) is 17.3. The van der Waals surface area contributed by atoms with E-state index in [0.717, 1.165) is 25.0 Å². The summed E-state index contributed by atoms with van der Waals surface area (Å²) < 4.78 is 5.64. The van der Waals surface area contributed by atoms with Gasteiger partial charge >= 0.3 is 5.97 Å². The Kier molecular flexibility index (Phi) is 6.44. The summed E-state index contributed by atoms with van der Waals surface area (Å²) in [5.74, 6) is -0.182. The van der Waals surface area contributed by atoms with Gasteiger partial charge in [0.1, 0.15) is 11.8 Å². The number of benzene rings is 1. The molecule has 1 heterocycles. The minimum Gasteiger partial charge on any atom is -0.494 e. The first-order chi connectivity index (χ1) is 11.1. The maximum absolute atomic E-state index is 12.1. The molecule has 1 N–H and O–H groups in total. The van der Waals surface area contributed by atoms with E-state index in [1.54, 1.807) is 0 Å². The standard InChI is InChI=1S/C18H25NO4/c1-2-5-14-8-10-15(11-9-14)23-13-4-7-17(20)19-12-3-6-16(19)18(21)22/h8-11,16H,2-7,12-13H2,1H3,(H,21,22). The number of ether oxygens (including phenoxy) is 1. The van der Waals surface area contributed by atoms with Gasteiger partial charge in [-0.2, -0.15) is 0 Å². The summed E-state index contributed by atoms with van der Waals surface area (Å²) in [4.78, 5) is 24.7. The van der Waals surface area contributed by atoms with Crippen molar-refractivity contribution in [3.63, 3.8) is 0 Å². The molecule has 1 atom stereocenters. The maximum atomic E-state index is 12.1. The Bertz CT molecular complexity index is 526. The molecule has 0 bridgehead atoms. The van der Waals surface area contributed by atoms with Gasteiger partial charge in [-0.1, -0.05) is 25.5 Å². The van der Waals surface area contributed by atoms with Crippen LogP contribution in [0.4, 0.5) is 0 Å². The zero-order valence-electron chi connectivity index (χ0n) is 13.7. The fraction of sp³-hybridized carbons (Fsp3) is 0.556. The summed E-state index contributed by atoms with van der Waals surface area (Å²) in [5.41, 5.74) is 1.30. The van der Waals surface area contributed by atoms with Crippen LogP contribution in [0, 0.1) is 0 Å². The summed E-state index contributed by atoms with van der Waals surface area (Å²) in [7, 11) is 0. The van der Waals surface area contributed by atoms with Crippen molar-refractivity contribution < 1.29 is 19.4 Å². The minimum absolute atomic E-state index is 0.0863. The number of amides is 1. The molecule has 126 valence electrons. The van der Waals surface area contributed by atoms with Gasteiger partial charge in [-0.3, -0.25) is 4.79 Å². The molecule has 1 saturated heterocycles. The molecule has 2 rings (SSSR count). The number of carbonyl (C=O) groups is 2. The smallest absolute Gasteiger partial charge is 0.326 e. The Labute approximate surface area is 137 Å². The second-order valence-corrected chi connectivity index (χ2v) is 5.93. The van der Waals surface area contributed by atoms with E-state index in [1.165, 1.54) is 10.5 Å². The van der Waals surface area contributed by atoms with Crippen LogP contribution in [0.3, 0.4) is 0 Å². The zero-order chi connectivity index (χ0) is 16.7. The molecule has 0 aromatic heterocycles. The lowest BCUT2D eigenvalue weighted by atomic mass is 10.1. The van der Waals surface area contributed by atoms with Gasteiger partial charge in [0.15, 0.2) is 0 Å². The van der Waals surface area contributed by atoms with Gasteiger partial charge in [-0.05, 0) is 43.4 Å². The molecule has 0 aliphatic carbocycles. The van der Waals surface area contributed by atoms with E-state index in [9.17, 15) is 9.59 Å². The van der Waals surface area contributed by atoms with Crippen LogP contribution in [0.5, 0.6) is 5.75 Å². The third-order valence-corrected chi connectivity index (χ3v) is 4.12. The number of rotatable bonds is 8. The Morgan fingerprint density at radius 3 is 2.70 bits per heavy atom. The zero-order valence-corrected chi connectivity index (χ0v) is 13.7. The van der Waals surface area contributed by atoms with Crippen LogP contribution < -0.4 is 4.74 Å². The number of hydrogen-bond donors (Lipinski definition) is 1. The average Bonchev–Trinajstić information content (AvgIpc) is 3.03. The second kappa shape index (κ2) is 8.56. The molecule has 1 aromatic rings. The lowest BCUT2D eigenvalue weighted by Gasteiger charge is -2.21. The SMILES string of the molecule is CCCc1ccc(OCCCC(=O)N2CCCC2C(=O)O)cc1. The van der Waals surface area contributed by atoms with Crippen LogP contribution in [0.15, 0.2) is 24.3 Å². The molecule has 0 spiro atoms. The molecule has 23 heavy (non-hydrogen) atoms. The fourth-order valence-corrected chi connectivity index (χ4v) is 2.92. The molecule has 1 fully saturated rings.